The molecule has 2 rings (SSSR count). The monoisotopic (exact) mass is 331 g/mol. The first kappa shape index (κ1) is 16.8. The quantitative estimate of drug-likeness (QED) is 0.625. The van der Waals surface area contributed by atoms with Crippen LogP contribution in [0.1, 0.15) is 17.5 Å². The van der Waals surface area contributed by atoms with Crippen molar-refractivity contribution in [2.45, 2.75) is 13.0 Å². The van der Waals surface area contributed by atoms with Crippen molar-refractivity contribution in [3.63, 3.8) is 0 Å². The van der Waals surface area contributed by atoms with Gasteiger partial charge in [0.05, 0.1) is 0 Å². The molecule has 0 bridgehead atoms. The lowest BCUT2D eigenvalue weighted by molar-refractivity contribution is 0.140. The molecule has 1 amide bonds. The number of hydrogen-bond donors (Lipinski definition) is 2. The summed E-state index contributed by atoms with van der Waals surface area (Å²) in [5.74, 6) is 0. The zero-order chi connectivity index (χ0) is 16.5. The molecule has 0 aliphatic carbocycles. The van der Waals surface area contributed by atoms with E-state index in [1.165, 1.54) is 0 Å². The first-order valence-corrected chi connectivity index (χ1v) is 7.55. The van der Waals surface area contributed by atoms with Gasteiger partial charge in [-0.15, -0.1) is 0 Å². The van der Waals surface area contributed by atoms with Gasteiger partial charge in [-0.2, -0.15) is 0 Å². The van der Waals surface area contributed by atoms with Crippen LogP contribution in [-0.2, 0) is 11.3 Å². The summed E-state index contributed by atoms with van der Waals surface area (Å²) in [6, 6.07) is 11.2. The third kappa shape index (κ3) is 5.64. The average Bonchev–Trinajstić information content (AvgIpc) is 2.56. The number of amides is 1. The third-order valence-corrected chi connectivity index (χ3v) is 3.35. The van der Waals surface area contributed by atoms with E-state index in [-0.39, 0.29) is 6.61 Å². The zero-order valence-electron chi connectivity index (χ0n) is 12.5. The smallest absolute Gasteiger partial charge is 0.407 e. The number of hydrogen-bond acceptors (Lipinski definition) is 4. The number of aromatic nitrogens is 1. The maximum atomic E-state index is 11.5. The molecule has 1 heterocycles. The van der Waals surface area contributed by atoms with Crippen molar-refractivity contribution in [2.24, 2.45) is 0 Å². The van der Waals surface area contributed by atoms with E-state index >= 15 is 0 Å². The van der Waals surface area contributed by atoms with Crippen LogP contribution in [0.4, 0.5) is 10.5 Å². The highest BCUT2D eigenvalue weighted by molar-refractivity contribution is 6.31. The molecule has 23 heavy (non-hydrogen) atoms. The molecule has 0 atom stereocenters. The van der Waals surface area contributed by atoms with Gasteiger partial charge in [0.1, 0.15) is 11.8 Å². The van der Waals surface area contributed by atoms with Gasteiger partial charge in [0.25, 0.3) is 0 Å². The van der Waals surface area contributed by atoms with Crippen molar-refractivity contribution in [3.05, 3.63) is 65.0 Å². The number of nitrogen functional groups attached to an aromatic ring is 1. The normalized spacial score (nSPS) is 10.7. The molecular weight excluding hydrogens is 314 g/mol. The fraction of sp³-hybridized carbons (Fsp3) is 0.176. The van der Waals surface area contributed by atoms with Gasteiger partial charge in [0.15, 0.2) is 0 Å². The Hall–Kier alpha value is -2.53. The molecular formula is C17H18ClN3O2. The van der Waals surface area contributed by atoms with Crippen LogP contribution in [0.25, 0.3) is 6.08 Å². The van der Waals surface area contributed by atoms with E-state index < -0.39 is 6.09 Å². The summed E-state index contributed by atoms with van der Waals surface area (Å²) in [4.78, 5) is 15.5. The van der Waals surface area contributed by atoms with Crippen LogP contribution < -0.4 is 11.1 Å². The van der Waals surface area contributed by atoms with Gasteiger partial charge in [0, 0.05) is 24.0 Å². The highest BCUT2D eigenvalue weighted by atomic mass is 35.5. The summed E-state index contributed by atoms with van der Waals surface area (Å²) in [5.41, 5.74) is 8.01. The molecule has 0 saturated carbocycles. The Morgan fingerprint density at radius 1 is 1.30 bits per heavy atom. The first-order chi connectivity index (χ1) is 11.2. The standard InChI is InChI=1S/C17H18ClN3O2/c18-16-14(15(19)9-11-20-16)8-4-5-10-21-17(22)23-12-13-6-2-1-3-7-13/h1-4,6-9,11H,5,10,12H2,(H2,19,20)(H,21,22). The van der Waals surface area contributed by atoms with Gasteiger partial charge in [-0.3, -0.25) is 0 Å². The molecule has 3 N–H and O–H groups in total. The number of carbonyl (C=O) groups is 1. The van der Waals surface area contributed by atoms with Crippen LogP contribution >= 0.6 is 11.6 Å². The van der Waals surface area contributed by atoms with Gasteiger partial charge in [-0.25, -0.2) is 9.78 Å². The van der Waals surface area contributed by atoms with E-state index in [9.17, 15) is 4.79 Å². The molecule has 2 aromatic rings. The second kappa shape index (κ2) is 8.80. The Morgan fingerprint density at radius 3 is 2.83 bits per heavy atom. The summed E-state index contributed by atoms with van der Waals surface area (Å²) >= 11 is 5.96. The van der Waals surface area contributed by atoms with E-state index in [1.807, 2.05) is 36.4 Å². The van der Waals surface area contributed by atoms with Crippen LogP contribution in [0, 0.1) is 0 Å². The average molecular weight is 332 g/mol. The summed E-state index contributed by atoms with van der Waals surface area (Å²) < 4.78 is 5.11. The highest BCUT2D eigenvalue weighted by Gasteiger charge is 2.02. The molecule has 0 aliphatic rings. The van der Waals surface area contributed by atoms with Gasteiger partial charge < -0.3 is 15.8 Å². The van der Waals surface area contributed by atoms with Crippen molar-refractivity contribution in [1.29, 1.82) is 0 Å². The van der Waals surface area contributed by atoms with Crippen LogP contribution in [0.15, 0.2) is 48.7 Å². The van der Waals surface area contributed by atoms with E-state index in [2.05, 4.69) is 10.3 Å². The molecule has 6 heteroatoms. The predicted octanol–water partition coefficient (Wildman–Crippen LogP) is 3.65. The van der Waals surface area contributed by atoms with E-state index in [0.717, 1.165) is 5.56 Å². The number of anilines is 1. The Balaban J connectivity index is 1.69. The number of benzene rings is 1. The zero-order valence-corrected chi connectivity index (χ0v) is 13.3. The van der Waals surface area contributed by atoms with Crippen LogP contribution in [0.3, 0.4) is 0 Å². The van der Waals surface area contributed by atoms with E-state index in [0.29, 0.717) is 29.4 Å². The Kier molecular flexibility index (Phi) is 6.44. The summed E-state index contributed by atoms with van der Waals surface area (Å²) in [7, 11) is 0. The van der Waals surface area contributed by atoms with Crippen molar-refractivity contribution < 1.29 is 9.53 Å². The molecule has 0 unspecified atom stereocenters. The van der Waals surface area contributed by atoms with Gasteiger partial charge in [-0.05, 0) is 18.1 Å². The Labute approximate surface area is 140 Å². The number of alkyl carbamates (subject to hydrolysis) is 1. The first-order valence-electron chi connectivity index (χ1n) is 7.18. The minimum atomic E-state index is -0.443. The number of nitrogens with two attached hydrogens (primary N) is 1. The fourth-order valence-corrected chi connectivity index (χ4v) is 2.09. The molecule has 1 aromatic heterocycles. The lowest BCUT2D eigenvalue weighted by Gasteiger charge is -2.06. The van der Waals surface area contributed by atoms with Crippen molar-refractivity contribution in [3.8, 4) is 0 Å². The number of pyridine rings is 1. The molecule has 0 fully saturated rings. The van der Waals surface area contributed by atoms with Crippen LogP contribution in [-0.4, -0.2) is 17.6 Å². The number of halogens is 1. The molecule has 120 valence electrons. The second-order valence-corrected chi connectivity index (χ2v) is 5.14. The molecule has 0 spiro atoms. The molecule has 5 nitrogen and oxygen atoms in total. The molecule has 0 radical (unpaired) electrons. The molecule has 0 aliphatic heterocycles. The lowest BCUT2D eigenvalue weighted by Crippen LogP contribution is -2.24. The molecule has 1 aromatic carbocycles. The molecule has 0 saturated heterocycles. The second-order valence-electron chi connectivity index (χ2n) is 4.78. The fourth-order valence-electron chi connectivity index (χ4n) is 1.86. The maximum Gasteiger partial charge on any atom is 0.407 e. The Bertz CT molecular complexity index is 655. The minimum Gasteiger partial charge on any atom is -0.445 e. The largest absolute Gasteiger partial charge is 0.445 e. The van der Waals surface area contributed by atoms with Crippen molar-refractivity contribution >= 4 is 29.5 Å². The topological polar surface area (TPSA) is 77.2 Å². The van der Waals surface area contributed by atoms with Crippen LogP contribution in [0.2, 0.25) is 5.15 Å². The SMILES string of the molecule is Nc1ccnc(Cl)c1C=CCCNC(=O)OCc1ccccc1. The van der Waals surface area contributed by atoms with Gasteiger partial charge in [-0.1, -0.05) is 54.1 Å². The van der Waals surface area contributed by atoms with Gasteiger partial charge in [0.2, 0.25) is 0 Å². The van der Waals surface area contributed by atoms with Crippen LogP contribution in [0.5, 0.6) is 0 Å². The number of rotatable bonds is 6. The van der Waals surface area contributed by atoms with Crippen molar-refractivity contribution in [1.82, 2.24) is 10.3 Å². The predicted molar refractivity (Wildman–Crippen MR) is 91.9 cm³/mol. The maximum absolute atomic E-state index is 11.5. The number of nitrogens with one attached hydrogen (secondary N) is 1. The minimum absolute atomic E-state index is 0.254. The van der Waals surface area contributed by atoms with E-state index in [1.54, 1.807) is 18.3 Å². The Morgan fingerprint density at radius 2 is 2.09 bits per heavy atom. The number of carbonyl (C=O) groups excluding carboxylic acids is 1. The number of nitrogens with zero attached hydrogens (tertiary/aromatic N) is 1. The van der Waals surface area contributed by atoms with Gasteiger partial charge >= 0.3 is 6.09 Å². The number of ether oxygens (including phenoxy) is 1. The summed E-state index contributed by atoms with van der Waals surface area (Å²) in [6.07, 6.45) is 5.41. The lowest BCUT2D eigenvalue weighted by atomic mass is 10.2. The summed E-state index contributed by atoms with van der Waals surface area (Å²) in [6.45, 7) is 0.715. The van der Waals surface area contributed by atoms with E-state index in [4.69, 9.17) is 22.1 Å². The van der Waals surface area contributed by atoms with Crippen molar-refractivity contribution in [2.75, 3.05) is 12.3 Å². The highest BCUT2D eigenvalue weighted by Crippen LogP contribution is 2.20. The third-order valence-electron chi connectivity index (χ3n) is 3.05. The summed E-state index contributed by atoms with van der Waals surface area (Å²) in [5, 5.41) is 3.03.